The van der Waals surface area contributed by atoms with Gasteiger partial charge in [0.1, 0.15) is 22.1 Å². The second-order valence-electron chi connectivity index (χ2n) is 13.7. The van der Waals surface area contributed by atoms with Gasteiger partial charge in [-0.25, -0.2) is 22.0 Å². The minimum absolute atomic E-state index is 0.0210. The van der Waals surface area contributed by atoms with Crippen molar-refractivity contribution < 1.29 is 46.8 Å². The van der Waals surface area contributed by atoms with E-state index in [0.29, 0.717) is 28.9 Å². The van der Waals surface area contributed by atoms with Gasteiger partial charge in [-0.05, 0) is 93.5 Å². The molecule has 2 aromatic carbocycles. The van der Waals surface area contributed by atoms with Crippen molar-refractivity contribution in [1.29, 1.82) is 0 Å². The van der Waals surface area contributed by atoms with Crippen LogP contribution in [0, 0.1) is 11.6 Å². The third-order valence-corrected chi connectivity index (χ3v) is 10.1. The van der Waals surface area contributed by atoms with E-state index in [1.54, 1.807) is 25.3 Å². The molecule has 49 heavy (non-hydrogen) atoms. The maximum atomic E-state index is 14.8. The molecule has 0 bridgehead atoms. The Morgan fingerprint density at radius 3 is 2.08 bits per heavy atom. The second kappa shape index (κ2) is 15.4. The molecular weight excluding hydrogens is 660 g/mol. The lowest BCUT2D eigenvalue weighted by Gasteiger charge is -2.23. The lowest BCUT2D eigenvalue weighted by Crippen LogP contribution is -2.41. The molecule has 0 radical (unpaired) electrons. The Balaban J connectivity index is 1.88. The number of aliphatic hydroxyl groups is 2. The number of amides is 1. The minimum Gasteiger partial charge on any atom is -0.481 e. The van der Waals surface area contributed by atoms with Gasteiger partial charge in [0, 0.05) is 36.9 Å². The van der Waals surface area contributed by atoms with Crippen LogP contribution in [-0.2, 0) is 26.1 Å². The Morgan fingerprint density at radius 2 is 1.55 bits per heavy atom. The molecule has 1 amide bonds. The number of aromatic nitrogens is 1. The average Bonchev–Trinajstić information content (AvgIpc) is 3.59. The monoisotopic (exact) mass is 705 g/mol. The van der Waals surface area contributed by atoms with Gasteiger partial charge in [0.05, 0.1) is 24.3 Å². The summed E-state index contributed by atoms with van der Waals surface area (Å²) in [6.07, 6.45) is -3.50. The maximum absolute atomic E-state index is 14.8. The van der Waals surface area contributed by atoms with Gasteiger partial charge in [-0.2, -0.15) is 4.31 Å². The normalized spacial score (nSPS) is 16.9. The van der Waals surface area contributed by atoms with E-state index in [4.69, 9.17) is 9.84 Å². The third kappa shape index (κ3) is 9.44. The molecule has 3 aromatic rings. The number of aliphatic hydroxyl groups excluding tert-OH is 2. The van der Waals surface area contributed by atoms with Crippen molar-refractivity contribution in [3.05, 3.63) is 65.9 Å². The summed E-state index contributed by atoms with van der Waals surface area (Å²) in [5.74, 6) is -2.66. The van der Waals surface area contributed by atoms with Crippen molar-refractivity contribution >= 4 is 22.1 Å². The highest BCUT2D eigenvalue weighted by Gasteiger charge is 2.40. The Hall–Kier alpha value is -3.85. The number of benzene rings is 2. The average molecular weight is 706 g/mol. The van der Waals surface area contributed by atoms with Gasteiger partial charge in [-0.15, -0.1) is 0 Å². The predicted octanol–water partition coefficient (Wildman–Crippen LogP) is 5.49. The molecule has 11 nitrogen and oxygen atoms in total. The number of sulfonamides is 1. The van der Waals surface area contributed by atoms with Gasteiger partial charge in [0.15, 0.2) is 0 Å². The Bertz CT molecular complexity index is 1740. The molecule has 4 rings (SSSR count). The summed E-state index contributed by atoms with van der Waals surface area (Å²) in [6, 6.07) is 10.4. The first-order valence-corrected chi connectivity index (χ1v) is 17.7. The number of carboxylic acid groups (broad SMARTS) is 1. The van der Waals surface area contributed by atoms with Crippen LogP contribution in [-0.4, -0.2) is 81.6 Å². The van der Waals surface area contributed by atoms with Crippen LogP contribution in [0.3, 0.4) is 0 Å². The Kier molecular flexibility index (Phi) is 11.9. The topological polar surface area (TPSA) is 158 Å². The van der Waals surface area contributed by atoms with Crippen LogP contribution in [0.1, 0.15) is 71.9 Å². The number of halogens is 2. The summed E-state index contributed by atoms with van der Waals surface area (Å²) < 4.78 is 66.4. The number of nitrogens with one attached hydrogen (secondary N) is 1. The number of hydrogen-bond acceptors (Lipinski definition) is 7. The van der Waals surface area contributed by atoms with E-state index in [2.05, 4.69) is 5.32 Å². The summed E-state index contributed by atoms with van der Waals surface area (Å²) >= 11 is 0. The van der Waals surface area contributed by atoms with Gasteiger partial charge < -0.3 is 29.9 Å². The smallest absolute Gasteiger partial charge is 0.407 e. The van der Waals surface area contributed by atoms with Gasteiger partial charge in [0.25, 0.3) is 0 Å². The molecule has 3 atom stereocenters. The van der Waals surface area contributed by atoms with E-state index >= 15 is 0 Å². The number of aliphatic carboxylic acids is 1. The highest BCUT2D eigenvalue weighted by molar-refractivity contribution is 7.89. The van der Waals surface area contributed by atoms with Crippen LogP contribution in [0.2, 0.25) is 0 Å². The number of carbonyl (C=O) groups excluding carboxylic acids is 1. The lowest BCUT2D eigenvalue weighted by molar-refractivity contribution is -0.139. The van der Waals surface area contributed by atoms with E-state index in [-0.39, 0.29) is 42.9 Å². The molecule has 1 aromatic heterocycles. The van der Waals surface area contributed by atoms with Gasteiger partial charge in [0.2, 0.25) is 10.0 Å². The molecule has 1 saturated heterocycles. The standard InChI is InChI=1S/C35H45F2N3O8S/c1-21(2)31-33(49(46,47)39-16-14-26(20-39)38-34(45)48-35(3,4)5)30(22-6-10-24(36)11-7-22)32(23-8-12-25(37)13-9-23)40(31)17-15-27(41)18-28(42)19-29(43)44/h6-13,21,26-28,41-42H,14-20H2,1-5H3,(H,38,45)(H,43,44)/t26-,27+,28+/m0/s1. The first-order chi connectivity index (χ1) is 22.9. The van der Waals surface area contributed by atoms with Crippen LogP contribution >= 0.6 is 0 Å². The van der Waals surface area contributed by atoms with Crippen molar-refractivity contribution in [2.24, 2.45) is 0 Å². The zero-order valence-electron chi connectivity index (χ0n) is 28.3. The minimum atomic E-state index is -4.31. The highest BCUT2D eigenvalue weighted by Crippen LogP contribution is 2.46. The third-order valence-electron chi connectivity index (χ3n) is 8.16. The molecule has 1 aliphatic heterocycles. The fourth-order valence-electron chi connectivity index (χ4n) is 6.14. The van der Waals surface area contributed by atoms with Crippen molar-refractivity contribution in [3.8, 4) is 22.4 Å². The van der Waals surface area contributed by atoms with Gasteiger partial charge in [-0.1, -0.05) is 26.0 Å². The molecule has 4 N–H and O–H groups in total. The van der Waals surface area contributed by atoms with E-state index in [9.17, 15) is 37.0 Å². The van der Waals surface area contributed by atoms with Crippen molar-refractivity contribution in [3.63, 3.8) is 0 Å². The number of ether oxygens (including phenoxy) is 1. The summed E-state index contributed by atoms with van der Waals surface area (Å²) in [5, 5.41) is 32.7. The van der Waals surface area contributed by atoms with Gasteiger partial charge >= 0.3 is 12.1 Å². The first kappa shape index (κ1) is 38.0. The fourth-order valence-corrected chi connectivity index (χ4v) is 8.20. The Labute approximate surface area is 285 Å². The van der Waals surface area contributed by atoms with Crippen molar-refractivity contribution in [1.82, 2.24) is 14.2 Å². The van der Waals surface area contributed by atoms with Crippen LogP contribution in [0.4, 0.5) is 13.6 Å². The molecule has 0 aliphatic carbocycles. The summed E-state index contributed by atoms with van der Waals surface area (Å²) in [6.45, 7) is 8.93. The Morgan fingerprint density at radius 1 is 0.980 bits per heavy atom. The molecule has 1 aliphatic rings. The zero-order chi connectivity index (χ0) is 36.3. The molecule has 2 heterocycles. The number of carboxylic acids is 1. The van der Waals surface area contributed by atoms with Crippen molar-refractivity contribution in [2.75, 3.05) is 13.1 Å². The number of nitrogens with zero attached hydrogens (tertiary/aromatic N) is 2. The summed E-state index contributed by atoms with van der Waals surface area (Å²) in [5.41, 5.74) is 1.16. The number of alkyl carbamates (subject to hydrolysis) is 1. The number of hydrogen-bond donors (Lipinski definition) is 4. The van der Waals surface area contributed by atoms with E-state index < -0.39 is 69.9 Å². The van der Waals surface area contributed by atoms with Crippen LogP contribution in [0.25, 0.3) is 22.4 Å². The van der Waals surface area contributed by atoms with Gasteiger partial charge in [-0.3, -0.25) is 4.79 Å². The molecule has 268 valence electrons. The first-order valence-electron chi connectivity index (χ1n) is 16.2. The lowest BCUT2D eigenvalue weighted by atomic mass is 10.00. The predicted molar refractivity (Wildman–Crippen MR) is 179 cm³/mol. The summed E-state index contributed by atoms with van der Waals surface area (Å²) in [4.78, 5) is 23.5. The van der Waals surface area contributed by atoms with Crippen LogP contribution in [0.15, 0.2) is 53.4 Å². The molecule has 14 heteroatoms. The SMILES string of the molecule is CC(C)c1c(S(=O)(=O)N2CC[C@H](NC(=O)OC(C)(C)C)C2)c(-c2ccc(F)cc2)c(-c2ccc(F)cc2)n1CC[C@@H](O)C[C@@H](O)CC(=O)O. The molecule has 1 fully saturated rings. The maximum Gasteiger partial charge on any atom is 0.407 e. The quantitative estimate of drug-likeness (QED) is 0.182. The molecule has 0 spiro atoms. The highest BCUT2D eigenvalue weighted by atomic mass is 32.2. The van der Waals surface area contributed by atoms with E-state index in [1.807, 2.05) is 13.8 Å². The van der Waals surface area contributed by atoms with Crippen LogP contribution < -0.4 is 5.32 Å². The van der Waals surface area contributed by atoms with Crippen molar-refractivity contribution in [2.45, 2.75) is 102 Å². The van der Waals surface area contributed by atoms with E-state index in [0.717, 1.165) is 0 Å². The van der Waals surface area contributed by atoms with Crippen LogP contribution in [0.5, 0.6) is 0 Å². The molecule has 0 saturated carbocycles. The zero-order valence-corrected chi connectivity index (χ0v) is 29.1. The van der Waals surface area contributed by atoms with E-state index in [1.165, 1.54) is 52.8 Å². The second-order valence-corrected chi connectivity index (χ2v) is 15.6. The summed E-state index contributed by atoms with van der Waals surface area (Å²) in [7, 11) is -4.31. The largest absolute Gasteiger partial charge is 0.481 e. The fraction of sp³-hybridized carbons (Fsp3) is 0.486. The molecular formula is C35H45F2N3O8S. The molecule has 0 unspecified atom stereocenters. The number of carbonyl (C=O) groups is 2. The number of rotatable bonds is 13.